The van der Waals surface area contributed by atoms with Gasteiger partial charge >= 0.3 is 0 Å². The first-order chi connectivity index (χ1) is 13.7. The maximum absolute atomic E-state index is 14.3. The third-order valence-electron chi connectivity index (χ3n) is 5.07. The lowest BCUT2D eigenvalue weighted by molar-refractivity contribution is 0.102. The van der Waals surface area contributed by atoms with Crippen molar-refractivity contribution in [3.63, 3.8) is 0 Å². The topological polar surface area (TPSA) is 115 Å². The Bertz CT molecular complexity index is 1070. The summed E-state index contributed by atoms with van der Waals surface area (Å²) in [5, 5.41) is 2.96. The van der Waals surface area contributed by atoms with Crippen molar-refractivity contribution >= 4 is 38.9 Å². The molecule has 154 valence electrons. The van der Waals surface area contributed by atoms with E-state index in [0.29, 0.717) is 24.3 Å². The fourth-order valence-electron chi connectivity index (χ4n) is 3.24. The number of nitrogens with two attached hydrogens (primary N) is 1. The molecule has 1 fully saturated rings. The van der Waals surface area contributed by atoms with Crippen molar-refractivity contribution in [3.05, 3.63) is 58.6 Å². The van der Waals surface area contributed by atoms with Crippen LogP contribution in [0.1, 0.15) is 35.3 Å². The molecule has 0 spiro atoms. The second-order valence-corrected chi connectivity index (χ2v) is 9.57. The summed E-state index contributed by atoms with van der Waals surface area (Å²) in [6.07, 6.45) is 2.76. The molecule has 1 aliphatic rings. The van der Waals surface area contributed by atoms with E-state index in [1.165, 1.54) is 37.5 Å². The quantitative estimate of drug-likeness (QED) is 0.531. The molecule has 3 rings (SSSR count). The number of sulfone groups is 1. The lowest BCUT2D eigenvalue weighted by atomic mass is 9.83. The van der Waals surface area contributed by atoms with E-state index in [4.69, 9.17) is 17.3 Å². The highest BCUT2D eigenvalue weighted by Gasteiger charge is 2.52. The zero-order chi connectivity index (χ0) is 21.2. The molecule has 1 heterocycles. The molecule has 0 radical (unpaired) electrons. The van der Waals surface area contributed by atoms with Crippen LogP contribution in [0.2, 0.25) is 5.02 Å². The molecule has 29 heavy (non-hydrogen) atoms. The van der Waals surface area contributed by atoms with E-state index in [0.717, 1.165) is 6.07 Å². The van der Waals surface area contributed by atoms with Gasteiger partial charge in [0.2, 0.25) is 0 Å². The monoisotopic (exact) mass is 438 g/mol. The number of aromatic nitrogens is 1. The van der Waals surface area contributed by atoms with Gasteiger partial charge < -0.3 is 11.1 Å². The number of amides is 1. The Hall–Kier alpha value is -2.52. The number of carbonyl (C=O) groups excluding carboxylic acids is 1. The molecule has 10 heteroatoms. The second-order valence-electron chi connectivity index (χ2n) is 6.84. The molecule has 1 aromatic carbocycles. The van der Waals surface area contributed by atoms with Crippen molar-refractivity contribution in [2.45, 2.75) is 29.8 Å². The van der Waals surface area contributed by atoms with Crippen LogP contribution < -0.4 is 11.1 Å². The summed E-state index contributed by atoms with van der Waals surface area (Å²) >= 11 is 5.75. The van der Waals surface area contributed by atoms with E-state index in [1.54, 1.807) is 0 Å². The predicted octanol–water partition coefficient (Wildman–Crippen LogP) is 2.95. The van der Waals surface area contributed by atoms with Crippen LogP contribution in [0.5, 0.6) is 0 Å². The summed E-state index contributed by atoms with van der Waals surface area (Å²) in [4.78, 5) is 20.1. The number of pyridine rings is 1. The number of hydrogen-bond acceptors (Lipinski definition) is 5. The molecule has 0 atom stereocenters. The van der Waals surface area contributed by atoms with Crippen LogP contribution in [0.15, 0.2) is 41.5 Å². The van der Waals surface area contributed by atoms with Gasteiger partial charge in [0, 0.05) is 24.5 Å². The van der Waals surface area contributed by atoms with Crippen LogP contribution >= 0.6 is 11.6 Å². The van der Waals surface area contributed by atoms with Crippen molar-refractivity contribution in [1.82, 2.24) is 4.98 Å². The molecule has 3 N–H and O–H groups in total. The third kappa shape index (κ3) is 4.11. The Morgan fingerprint density at radius 2 is 2.07 bits per heavy atom. The van der Waals surface area contributed by atoms with Gasteiger partial charge in [-0.25, -0.2) is 17.8 Å². The Labute approximate surface area is 173 Å². The lowest BCUT2D eigenvalue weighted by Crippen LogP contribution is -2.55. The van der Waals surface area contributed by atoms with Gasteiger partial charge in [0.1, 0.15) is 22.1 Å². The van der Waals surface area contributed by atoms with Gasteiger partial charge in [-0.1, -0.05) is 11.6 Å². The number of anilines is 1. The Morgan fingerprint density at radius 1 is 1.34 bits per heavy atom. The van der Waals surface area contributed by atoms with E-state index in [-0.39, 0.29) is 22.8 Å². The molecule has 0 aliphatic heterocycles. The van der Waals surface area contributed by atoms with E-state index < -0.39 is 32.1 Å². The zero-order valence-electron chi connectivity index (χ0n) is 15.7. The van der Waals surface area contributed by atoms with Crippen LogP contribution in [-0.4, -0.2) is 36.9 Å². The molecular formula is C19H20ClFN4O3S. The maximum Gasteiger partial charge on any atom is 0.274 e. The standard InChI is InChI=1S/C19H20ClFN4O3S/c1-23-18(22)19(7-2-8-19)29(27,28)11-12-9-14(4-5-15(12)21)25-17(26)16-6-3-13(20)10-24-16/h3-6,9-10H,2,7-8,11H2,1H3,(H2,22,23)(H,25,26). The fraction of sp³-hybridized carbons (Fsp3) is 0.316. The SMILES string of the molecule is CN=C(N)C1(S(=O)(=O)Cc2cc(NC(=O)c3ccc(Cl)cn3)ccc2F)CCC1. The lowest BCUT2D eigenvalue weighted by Gasteiger charge is -2.40. The number of amidine groups is 1. The molecule has 0 saturated heterocycles. The molecule has 1 saturated carbocycles. The molecule has 1 amide bonds. The van der Waals surface area contributed by atoms with Crippen molar-refractivity contribution < 1.29 is 17.6 Å². The Morgan fingerprint density at radius 3 is 2.62 bits per heavy atom. The van der Waals surface area contributed by atoms with E-state index >= 15 is 0 Å². The number of halogens is 2. The van der Waals surface area contributed by atoms with Crippen molar-refractivity contribution in [1.29, 1.82) is 0 Å². The second kappa shape index (κ2) is 8.08. The maximum atomic E-state index is 14.3. The highest BCUT2D eigenvalue weighted by atomic mass is 35.5. The van der Waals surface area contributed by atoms with Gasteiger partial charge in [0.15, 0.2) is 9.84 Å². The molecule has 1 aromatic heterocycles. The number of rotatable bonds is 6. The van der Waals surface area contributed by atoms with Gasteiger partial charge in [-0.2, -0.15) is 0 Å². The van der Waals surface area contributed by atoms with Crippen molar-refractivity contribution in [2.24, 2.45) is 10.7 Å². The molecular weight excluding hydrogens is 419 g/mol. The molecule has 0 unspecified atom stereocenters. The fourth-order valence-corrected chi connectivity index (χ4v) is 5.58. The summed E-state index contributed by atoms with van der Waals surface area (Å²) in [6, 6.07) is 6.72. The Balaban J connectivity index is 1.84. The molecule has 0 bridgehead atoms. The summed E-state index contributed by atoms with van der Waals surface area (Å²) < 4.78 is 39.1. The first-order valence-electron chi connectivity index (χ1n) is 8.85. The highest BCUT2D eigenvalue weighted by Crippen LogP contribution is 2.41. The van der Waals surface area contributed by atoms with Crippen LogP contribution in [0.4, 0.5) is 10.1 Å². The van der Waals surface area contributed by atoms with Gasteiger partial charge in [0.05, 0.1) is 10.8 Å². The van der Waals surface area contributed by atoms with Crippen LogP contribution in [0, 0.1) is 5.82 Å². The number of nitrogens with one attached hydrogen (secondary N) is 1. The summed E-state index contributed by atoms with van der Waals surface area (Å²) in [5.74, 6) is -1.71. The number of aliphatic imine (C=N–C) groups is 1. The highest BCUT2D eigenvalue weighted by molar-refractivity contribution is 7.92. The Kier molecular flexibility index (Phi) is 5.90. The normalized spacial score (nSPS) is 16.2. The van der Waals surface area contributed by atoms with Gasteiger partial charge in [-0.3, -0.25) is 9.79 Å². The van der Waals surface area contributed by atoms with E-state index in [2.05, 4.69) is 15.3 Å². The third-order valence-corrected chi connectivity index (χ3v) is 7.80. The summed E-state index contributed by atoms with van der Waals surface area (Å²) in [5.41, 5.74) is 6.18. The average molecular weight is 439 g/mol. The largest absolute Gasteiger partial charge is 0.386 e. The van der Waals surface area contributed by atoms with Gasteiger partial charge in [-0.15, -0.1) is 0 Å². The smallest absolute Gasteiger partial charge is 0.274 e. The minimum Gasteiger partial charge on any atom is -0.386 e. The summed E-state index contributed by atoms with van der Waals surface area (Å²) in [6.45, 7) is 0. The van der Waals surface area contributed by atoms with Gasteiger partial charge in [0.25, 0.3) is 5.91 Å². The van der Waals surface area contributed by atoms with E-state index in [1.807, 2.05) is 0 Å². The summed E-state index contributed by atoms with van der Waals surface area (Å²) in [7, 11) is -2.37. The predicted molar refractivity (Wildman–Crippen MR) is 110 cm³/mol. The minimum absolute atomic E-state index is 0.0439. The van der Waals surface area contributed by atoms with Crippen LogP contribution in [0.25, 0.3) is 0 Å². The minimum atomic E-state index is -3.81. The molecule has 2 aromatic rings. The zero-order valence-corrected chi connectivity index (χ0v) is 17.2. The average Bonchev–Trinajstić information content (AvgIpc) is 2.63. The van der Waals surface area contributed by atoms with Crippen LogP contribution in [-0.2, 0) is 15.6 Å². The molecule has 1 aliphatic carbocycles. The molecule has 7 nitrogen and oxygen atoms in total. The van der Waals surface area contributed by atoms with Crippen molar-refractivity contribution in [3.8, 4) is 0 Å². The first-order valence-corrected chi connectivity index (χ1v) is 10.9. The van der Waals surface area contributed by atoms with Crippen LogP contribution in [0.3, 0.4) is 0 Å². The number of nitrogens with zero attached hydrogens (tertiary/aromatic N) is 2. The number of benzene rings is 1. The number of hydrogen-bond donors (Lipinski definition) is 2. The first kappa shape index (κ1) is 21.2. The van der Waals surface area contributed by atoms with Gasteiger partial charge in [-0.05, 0) is 49.6 Å². The van der Waals surface area contributed by atoms with Crippen molar-refractivity contribution in [2.75, 3.05) is 12.4 Å². The van der Waals surface area contributed by atoms with E-state index in [9.17, 15) is 17.6 Å². The number of carbonyl (C=O) groups is 1.